The van der Waals surface area contributed by atoms with Gasteiger partial charge < -0.3 is 9.94 Å². The van der Waals surface area contributed by atoms with Crippen molar-refractivity contribution in [1.29, 1.82) is 0 Å². The summed E-state index contributed by atoms with van der Waals surface area (Å²) in [4.78, 5) is -0.230. The summed E-state index contributed by atoms with van der Waals surface area (Å²) in [5.74, 6) is 1.17. The third-order valence-electron chi connectivity index (χ3n) is 3.57. The Labute approximate surface area is 141 Å². The molecule has 0 spiro atoms. The average Bonchev–Trinajstić information content (AvgIpc) is 2.57. The van der Waals surface area contributed by atoms with E-state index in [2.05, 4.69) is 0 Å². The fraction of sp³-hybridized carbons (Fsp3) is 0.0556. The van der Waals surface area contributed by atoms with Crippen LogP contribution in [0, 0.1) is 5.21 Å². The highest BCUT2D eigenvalue weighted by Crippen LogP contribution is 2.29. The summed E-state index contributed by atoms with van der Waals surface area (Å²) in [5, 5.41) is 13.0. The standard InChI is InChI=1S/C18H15NO4S/c20-19(13-7-6-12-18(19)24(21)22)14-15-8-4-5-11-17(15)23-16-9-2-1-3-10-16/h1-13H,14H2. The van der Waals surface area contributed by atoms with Crippen LogP contribution in [-0.4, -0.2) is 18.1 Å². The SMILES string of the molecule is O=S(=O)=C1C=CC=C[N+]1([O-])Cc1ccccc1Oc1ccccc1. The first-order valence-corrected chi connectivity index (χ1v) is 8.38. The molecule has 122 valence electrons. The van der Waals surface area contributed by atoms with Crippen molar-refractivity contribution in [3.05, 3.63) is 89.8 Å². The number of rotatable bonds is 4. The molecule has 0 aliphatic carbocycles. The van der Waals surface area contributed by atoms with Gasteiger partial charge in [-0.3, -0.25) is 4.65 Å². The molecule has 0 amide bonds. The highest BCUT2D eigenvalue weighted by atomic mass is 32.2. The fourth-order valence-corrected chi connectivity index (χ4v) is 3.01. The first-order valence-electron chi connectivity index (χ1n) is 7.31. The molecular weight excluding hydrogens is 326 g/mol. The van der Waals surface area contributed by atoms with E-state index in [1.807, 2.05) is 30.3 Å². The zero-order valence-corrected chi connectivity index (χ0v) is 13.5. The largest absolute Gasteiger partial charge is 0.621 e. The molecular formula is C18H15NO4S. The molecule has 1 unspecified atom stereocenters. The van der Waals surface area contributed by atoms with Gasteiger partial charge >= 0.3 is 0 Å². The number of para-hydroxylation sites is 2. The van der Waals surface area contributed by atoms with E-state index < -0.39 is 14.9 Å². The van der Waals surface area contributed by atoms with E-state index in [-0.39, 0.29) is 11.5 Å². The Bertz CT molecular complexity index is 925. The van der Waals surface area contributed by atoms with Crippen molar-refractivity contribution in [2.24, 2.45) is 0 Å². The van der Waals surface area contributed by atoms with E-state index in [1.54, 1.807) is 30.3 Å². The quantitative estimate of drug-likeness (QED) is 0.486. The molecule has 0 N–H and O–H groups in total. The van der Waals surface area contributed by atoms with E-state index in [4.69, 9.17) is 4.74 Å². The number of hydrogen-bond acceptors (Lipinski definition) is 4. The van der Waals surface area contributed by atoms with Gasteiger partial charge in [-0.15, -0.1) is 0 Å². The molecule has 1 aliphatic heterocycles. The first kappa shape index (κ1) is 16.2. The average molecular weight is 341 g/mol. The topological polar surface area (TPSA) is 66.4 Å². The minimum atomic E-state index is -2.59. The maximum atomic E-state index is 13.0. The Morgan fingerprint density at radius 2 is 1.67 bits per heavy atom. The van der Waals surface area contributed by atoms with Crippen molar-refractivity contribution in [1.82, 2.24) is 0 Å². The number of quaternary nitrogens is 1. The maximum absolute atomic E-state index is 13.0. The van der Waals surface area contributed by atoms with E-state index in [0.29, 0.717) is 17.1 Å². The van der Waals surface area contributed by atoms with Crippen molar-refractivity contribution < 1.29 is 17.8 Å². The molecule has 0 fully saturated rings. The molecule has 0 radical (unpaired) electrons. The van der Waals surface area contributed by atoms with Gasteiger partial charge in [0.15, 0.2) is 0 Å². The number of nitrogens with zero attached hydrogens (tertiary/aromatic N) is 1. The summed E-state index contributed by atoms with van der Waals surface area (Å²) >= 11 is 0. The lowest BCUT2D eigenvalue weighted by Gasteiger charge is -2.38. The van der Waals surface area contributed by atoms with Gasteiger partial charge in [0.25, 0.3) is 15.3 Å². The van der Waals surface area contributed by atoms with Crippen LogP contribution in [0.4, 0.5) is 0 Å². The maximum Gasteiger partial charge on any atom is 0.277 e. The number of hydrogen-bond donors (Lipinski definition) is 0. The van der Waals surface area contributed by atoms with Crippen LogP contribution in [-0.2, 0) is 16.8 Å². The summed E-state index contributed by atoms with van der Waals surface area (Å²) in [5.41, 5.74) is 0.624. The van der Waals surface area contributed by atoms with Crippen molar-refractivity contribution in [2.45, 2.75) is 6.54 Å². The molecule has 0 bridgehead atoms. The van der Waals surface area contributed by atoms with Crippen LogP contribution < -0.4 is 4.74 Å². The summed E-state index contributed by atoms with van der Waals surface area (Å²) in [6, 6.07) is 16.3. The van der Waals surface area contributed by atoms with Crippen molar-refractivity contribution >= 4 is 15.3 Å². The zero-order valence-electron chi connectivity index (χ0n) is 12.7. The third kappa shape index (κ3) is 3.46. The van der Waals surface area contributed by atoms with E-state index in [1.165, 1.54) is 18.4 Å². The van der Waals surface area contributed by atoms with Gasteiger partial charge in [-0.05, 0) is 36.4 Å². The Morgan fingerprint density at radius 1 is 0.958 bits per heavy atom. The van der Waals surface area contributed by atoms with Gasteiger partial charge in [0, 0.05) is 6.08 Å². The van der Waals surface area contributed by atoms with Gasteiger partial charge in [-0.25, -0.2) is 0 Å². The van der Waals surface area contributed by atoms with Gasteiger partial charge in [-0.1, -0.05) is 30.3 Å². The Balaban J connectivity index is 1.95. The first-order chi connectivity index (χ1) is 11.6. The molecule has 24 heavy (non-hydrogen) atoms. The molecule has 1 heterocycles. The third-order valence-corrected chi connectivity index (χ3v) is 4.36. The smallest absolute Gasteiger partial charge is 0.277 e. The number of hydroxylamine groups is 3. The summed E-state index contributed by atoms with van der Waals surface area (Å²) in [7, 11) is -2.59. The second-order valence-corrected chi connectivity index (χ2v) is 6.14. The van der Waals surface area contributed by atoms with Crippen LogP contribution >= 0.6 is 0 Å². The highest BCUT2D eigenvalue weighted by Gasteiger charge is 2.26. The Kier molecular flexibility index (Phi) is 4.61. The summed E-state index contributed by atoms with van der Waals surface area (Å²) in [6.07, 6.45) is 5.71. The predicted molar refractivity (Wildman–Crippen MR) is 92.5 cm³/mol. The number of allylic oxidation sites excluding steroid dienone is 2. The van der Waals surface area contributed by atoms with Crippen molar-refractivity contribution in [2.75, 3.05) is 0 Å². The Hall–Kier alpha value is -2.67. The monoisotopic (exact) mass is 341 g/mol. The summed E-state index contributed by atoms with van der Waals surface area (Å²) < 4.78 is 27.5. The normalized spacial score (nSPS) is 19.3. The van der Waals surface area contributed by atoms with Crippen molar-refractivity contribution in [3.63, 3.8) is 0 Å². The predicted octanol–water partition coefficient (Wildman–Crippen LogP) is 3.39. The second kappa shape index (κ2) is 6.84. The van der Waals surface area contributed by atoms with E-state index >= 15 is 0 Å². The highest BCUT2D eigenvalue weighted by molar-refractivity contribution is 7.72. The molecule has 0 saturated carbocycles. The van der Waals surface area contributed by atoms with Crippen LogP contribution in [0.1, 0.15) is 5.56 Å². The van der Waals surface area contributed by atoms with Crippen molar-refractivity contribution in [3.8, 4) is 11.5 Å². The molecule has 0 aromatic heterocycles. The van der Waals surface area contributed by atoms with Crippen LogP contribution in [0.25, 0.3) is 0 Å². The van der Waals surface area contributed by atoms with Gasteiger partial charge in [0.1, 0.15) is 24.2 Å². The lowest BCUT2D eigenvalue weighted by molar-refractivity contribution is -0.744. The number of ether oxygens (including phenoxy) is 1. The molecule has 0 saturated heterocycles. The van der Waals surface area contributed by atoms with Crippen LogP contribution in [0.5, 0.6) is 11.5 Å². The van der Waals surface area contributed by atoms with Gasteiger partial charge in [-0.2, -0.15) is 8.42 Å². The van der Waals surface area contributed by atoms with Gasteiger partial charge in [0.2, 0.25) is 0 Å². The van der Waals surface area contributed by atoms with Crippen LogP contribution in [0.15, 0.2) is 79.0 Å². The molecule has 2 aromatic rings. The molecule has 1 aliphatic rings. The molecule has 3 rings (SSSR count). The van der Waals surface area contributed by atoms with Crippen LogP contribution in [0.3, 0.4) is 0 Å². The molecule has 2 aromatic carbocycles. The second-order valence-electron chi connectivity index (χ2n) is 5.25. The molecule has 1 atom stereocenters. The Morgan fingerprint density at radius 3 is 2.42 bits per heavy atom. The molecule has 5 nitrogen and oxygen atoms in total. The zero-order chi connectivity index (χ0) is 17.0. The summed E-state index contributed by atoms with van der Waals surface area (Å²) in [6.45, 7) is -0.0762. The minimum absolute atomic E-state index is 0.0762. The lowest BCUT2D eigenvalue weighted by Crippen LogP contribution is -2.42. The van der Waals surface area contributed by atoms with E-state index in [9.17, 15) is 13.6 Å². The lowest BCUT2D eigenvalue weighted by atomic mass is 10.1. The van der Waals surface area contributed by atoms with Gasteiger partial charge in [0.05, 0.1) is 5.56 Å². The van der Waals surface area contributed by atoms with E-state index in [0.717, 1.165) is 0 Å². The van der Waals surface area contributed by atoms with Crippen LogP contribution in [0.2, 0.25) is 0 Å². The molecule has 6 heteroatoms. The number of benzene rings is 2. The fourth-order valence-electron chi connectivity index (χ4n) is 2.44. The minimum Gasteiger partial charge on any atom is -0.621 e.